The van der Waals surface area contributed by atoms with Crippen LogP contribution in [-0.2, 0) is 13.5 Å². The summed E-state index contributed by atoms with van der Waals surface area (Å²) in [4.78, 5) is 14.8. The molecule has 0 spiro atoms. The van der Waals surface area contributed by atoms with Crippen molar-refractivity contribution in [2.45, 2.75) is 6.42 Å². The molecular weight excluding hydrogens is 198 g/mol. The highest BCUT2D eigenvalue weighted by molar-refractivity contribution is 7.07. The zero-order chi connectivity index (χ0) is 9.97. The van der Waals surface area contributed by atoms with E-state index in [1.807, 2.05) is 5.38 Å². The molecule has 0 radical (unpaired) electrons. The molecular formula is C9H9N3OS. The van der Waals surface area contributed by atoms with E-state index in [2.05, 4.69) is 10.1 Å². The first-order valence-corrected chi connectivity index (χ1v) is 5.08. The van der Waals surface area contributed by atoms with Crippen LogP contribution in [0, 0.1) is 0 Å². The Morgan fingerprint density at radius 2 is 2.50 bits per heavy atom. The third-order valence-corrected chi connectivity index (χ3v) is 2.53. The molecule has 0 fully saturated rings. The first kappa shape index (κ1) is 9.08. The van der Waals surface area contributed by atoms with E-state index in [1.165, 1.54) is 0 Å². The summed E-state index contributed by atoms with van der Waals surface area (Å²) in [5, 5.41) is 6.17. The summed E-state index contributed by atoms with van der Waals surface area (Å²) in [6.07, 6.45) is 3.17. The number of hydrogen-bond acceptors (Lipinski definition) is 4. The van der Waals surface area contributed by atoms with E-state index in [0.29, 0.717) is 12.0 Å². The minimum Gasteiger partial charge on any atom is -0.298 e. The number of rotatable bonds is 3. The molecule has 2 aromatic heterocycles. The molecule has 0 aliphatic heterocycles. The second kappa shape index (κ2) is 3.71. The van der Waals surface area contributed by atoms with Gasteiger partial charge in [-0.3, -0.25) is 9.48 Å². The van der Waals surface area contributed by atoms with Crippen LogP contribution in [0.1, 0.15) is 21.7 Å². The summed E-state index contributed by atoms with van der Waals surface area (Å²) in [5.41, 5.74) is 4.16. The lowest BCUT2D eigenvalue weighted by atomic mass is 10.2. The largest absolute Gasteiger partial charge is 0.298 e. The summed E-state index contributed by atoms with van der Waals surface area (Å²) in [7, 11) is 1.80. The van der Waals surface area contributed by atoms with E-state index in [1.54, 1.807) is 34.8 Å². The van der Waals surface area contributed by atoms with Crippen LogP contribution in [0.25, 0.3) is 0 Å². The molecule has 0 saturated heterocycles. The molecule has 0 aliphatic carbocycles. The van der Waals surface area contributed by atoms with Gasteiger partial charge in [0.25, 0.3) is 0 Å². The molecule has 4 nitrogen and oxygen atoms in total. The fourth-order valence-corrected chi connectivity index (χ4v) is 1.84. The van der Waals surface area contributed by atoms with Gasteiger partial charge >= 0.3 is 0 Å². The van der Waals surface area contributed by atoms with Crippen LogP contribution in [0.2, 0.25) is 0 Å². The Bertz CT molecular complexity index is 433. The Kier molecular flexibility index (Phi) is 2.41. The molecule has 5 heteroatoms. The van der Waals surface area contributed by atoms with E-state index in [-0.39, 0.29) is 0 Å². The monoisotopic (exact) mass is 207 g/mol. The highest BCUT2D eigenvalue weighted by Crippen LogP contribution is 2.10. The normalized spacial score (nSPS) is 10.4. The van der Waals surface area contributed by atoms with Crippen molar-refractivity contribution in [2.24, 2.45) is 7.05 Å². The van der Waals surface area contributed by atoms with Crippen molar-refractivity contribution in [3.8, 4) is 0 Å². The van der Waals surface area contributed by atoms with Crippen molar-refractivity contribution >= 4 is 17.6 Å². The third-order valence-electron chi connectivity index (χ3n) is 1.90. The van der Waals surface area contributed by atoms with Crippen LogP contribution in [0.5, 0.6) is 0 Å². The molecule has 0 aliphatic rings. The van der Waals surface area contributed by atoms with Gasteiger partial charge < -0.3 is 0 Å². The Balaban J connectivity index is 2.28. The minimum absolute atomic E-state index is 0.623. The van der Waals surface area contributed by atoms with Crippen LogP contribution in [0.3, 0.4) is 0 Å². The van der Waals surface area contributed by atoms with Gasteiger partial charge in [0, 0.05) is 25.0 Å². The van der Waals surface area contributed by atoms with E-state index < -0.39 is 0 Å². The second-order valence-corrected chi connectivity index (χ2v) is 3.70. The van der Waals surface area contributed by atoms with Gasteiger partial charge in [0.05, 0.1) is 22.5 Å². The summed E-state index contributed by atoms with van der Waals surface area (Å²) >= 11 is 1.55. The molecule has 2 heterocycles. The van der Waals surface area contributed by atoms with Gasteiger partial charge in [0.15, 0.2) is 6.29 Å². The smallest absolute Gasteiger partial charge is 0.153 e. The average Bonchev–Trinajstić information content (AvgIpc) is 2.76. The zero-order valence-electron chi connectivity index (χ0n) is 7.67. The number of aromatic nitrogens is 3. The van der Waals surface area contributed by atoms with Gasteiger partial charge in [0.2, 0.25) is 0 Å². The van der Waals surface area contributed by atoms with Crippen molar-refractivity contribution < 1.29 is 4.79 Å². The number of hydrogen-bond donors (Lipinski definition) is 0. The Morgan fingerprint density at radius 1 is 1.64 bits per heavy atom. The van der Waals surface area contributed by atoms with E-state index in [4.69, 9.17) is 0 Å². The molecule has 14 heavy (non-hydrogen) atoms. The summed E-state index contributed by atoms with van der Waals surface area (Å²) < 4.78 is 1.64. The van der Waals surface area contributed by atoms with Gasteiger partial charge in [-0.1, -0.05) is 0 Å². The summed E-state index contributed by atoms with van der Waals surface area (Å²) in [5.74, 6) is 0. The predicted octanol–water partition coefficient (Wildman–Crippen LogP) is 1.28. The van der Waals surface area contributed by atoms with Crippen LogP contribution in [0.4, 0.5) is 0 Å². The zero-order valence-corrected chi connectivity index (χ0v) is 8.49. The first-order valence-electron chi connectivity index (χ1n) is 4.14. The minimum atomic E-state index is 0.623. The van der Waals surface area contributed by atoms with Crippen molar-refractivity contribution in [1.29, 1.82) is 0 Å². The van der Waals surface area contributed by atoms with Gasteiger partial charge in [-0.05, 0) is 0 Å². The molecule has 0 amide bonds. The van der Waals surface area contributed by atoms with Crippen molar-refractivity contribution in [3.05, 3.63) is 34.0 Å². The number of aldehydes is 1. The molecule has 0 bridgehead atoms. The van der Waals surface area contributed by atoms with Crippen molar-refractivity contribution in [2.75, 3.05) is 0 Å². The molecule has 0 saturated carbocycles. The maximum absolute atomic E-state index is 10.7. The molecule has 0 aromatic carbocycles. The molecule has 72 valence electrons. The Morgan fingerprint density at radius 3 is 3.14 bits per heavy atom. The maximum Gasteiger partial charge on any atom is 0.153 e. The molecule has 2 aromatic rings. The average molecular weight is 207 g/mol. The quantitative estimate of drug-likeness (QED) is 0.712. The third kappa shape index (κ3) is 1.72. The van der Waals surface area contributed by atoms with Gasteiger partial charge in [-0.2, -0.15) is 5.10 Å². The topological polar surface area (TPSA) is 47.8 Å². The fraction of sp³-hybridized carbons (Fsp3) is 0.222. The molecule has 0 unspecified atom stereocenters. The van der Waals surface area contributed by atoms with Crippen LogP contribution in [-0.4, -0.2) is 21.1 Å². The predicted molar refractivity (Wildman–Crippen MR) is 53.5 cm³/mol. The standard InChI is InChI=1S/C9H9N3OS/c1-12-3-7(4-13)9(11-12)2-8-5-14-6-10-8/h3-6H,2H2,1H3. The first-order chi connectivity index (χ1) is 6.79. The van der Waals surface area contributed by atoms with Gasteiger partial charge in [-0.25, -0.2) is 4.98 Å². The molecule has 0 N–H and O–H groups in total. The molecule has 2 rings (SSSR count). The van der Waals surface area contributed by atoms with Gasteiger partial charge in [-0.15, -0.1) is 11.3 Å². The Hall–Kier alpha value is -1.49. The summed E-state index contributed by atoms with van der Waals surface area (Å²) in [6, 6.07) is 0. The van der Waals surface area contributed by atoms with Gasteiger partial charge in [0.1, 0.15) is 0 Å². The number of nitrogens with zero attached hydrogens (tertiary/aromatic N) is 3. The van der Waals surface area contributed by atoms with Crippen LogP contribution >= 0.6 is 11.3 Å². The van der Waals surface area contributed by atoms with E-state index in [9.17, 15) is 4.79 Å². The molecule has 0 atom stereocenters. The number of carbonyl (C=O) groups is 1. The Labute approximate surface area is 85.2 Å². The SMILES string of the molecule is Cn1cc(C=O)c(Cc2cscn2)n1. The number of carbonyl (C=O) groups excluding carboxylic acids is 1. The lowest BCUT2D eigenvalue weighted by molar-refractivity contribution is 0.112. The van der Waals surface area contributed by atoms with Crippen LogP contribution in [0.15, 0.2) is 17.1 Å². The maximum atomic E-state index is 10.7. The van der Waals surface area contributed by atoms with E-state index in [0.717, 1.165) is 17.7 Å². The van der Waals surface area contributed by atoms with E-state index >= 15 is 0 Å². The highest BCUT2D eigenvalue weighted by Gasteiger charge is 2.08. The van der Waals surface area contributed by atoms with Crippen molar-refractivity contribution in [3.63, 3.8) is 0 Å². The van der Waals surface area contributed by atoms with Crippen LogP contribution < -0.4 is 0 Å². The fourth-order valence-electron chi connectivity index (χ4n) is 1.29. The highest BCUT2D eigenvalue weighted by atomic mass is 32.1. The summed E-state index contributed by atoms with van der Waals surface area (Å²) in [6.45, 7) is 0. The number of thiazole rings is 1. The lowest BCUT2D eigenvalue weighted by Gasteiger charge is -1.92. The lowest BCUT2D eigenvalue weighted by Crippen LogP contribution is -1.94. The van der Waals surface area contributed by atoms with Crippen molar-refractivity contribution in [1.82, 2.24) is 14.8 Å². The second-order valence-electron chi connectivity index (χ2n) is 2.98. The number of aryl methyl sites for hydroxylation is 1.